The van der Waals surface area contributed by atoms with Crippen molar-refractivity contribution < 1.29 is 0 Å². The number of hydrogen-bond acceptors (Lipinski definition) is 6. The molecule has 1 aromatic carbocycles. The van der Waals surface area contributed by atoms with Crippen LogP contribution >= 0.6 is 0 Å². The summed E-state index contributed by atoms with van der Waals surface area (Å²) in [6.45, 7) is 3.30. The molecule has 1 atom stereocenters. The number of imidazole rings is 1. The average molecular weight is 336 g/mol. The third kappa shape index (κ3) is 2.56. The average Bonchev–Trinajstić information content (AvgIpc) is 3.26. The minimum atomic E-state index is -0.463. The summed E-state index contributed by atoms with van der Waals surface area (Å²) in [5.74, 6) is 1.78. The lowest BCUT2D eigenvalue weighted by Crippen LogP contribution is -2.45. The van der Waals surface area contributed by atoms with Gasteiger partial charge in [0.1, 0.15) is 11.9 Å². The summed E-state index contributed by atoms with van der Waals surface area (Å²) in [5.41, 5.74) is 14.5. The first kappa shape index (κ1) is 15.4. The van der Waals surface area contributed by atoms with Crippen molar-refractivity contribution in [2.75, 3.05) is 0 Å². The maximum Gasteiger partial charge on any atom is 0.232 e. The van der Waals surface area contributed by atoms with Gasteiger partial charge in [-0.15, -0.1) is 0 Å². The summed E-state index contributed by atoms with van der Waals surface area (Å²) in [7, 11) is 0. The number of guanidine groups is 1. The van der Waals surface area contributed by atoms with Crippen molar-refractivity contribution in [2.45, 2.75) is 26.2 Å². The zero-order valence-electron chi connectivity index (χ0n) is 13.9. The Kier molecular flexibility index (Phi) is 3.73. The lowest BCUT2D eigenvalue weighted by molar-refractivity contribution is 0.302. The van der Waals surface area contributed by atoms with Gasteiger partial charge in [-0.2, -0.15) is 10.1 Å². The second-order valence-corrected chi connectivity index (χ2v) is 5.84. The first-order chi connectivity index (χ1) is 12.2. The number of nitrogens with zero attached hydrogens (tertiary/aromatic N) is 6. The molecule has 0 saturated heterocycles. The predicted octanol–water partition coefficient (Wildman–Crippen LogP) is 1.51. The van der Waals surface area contributed by atoms with Crippen molar-refractivity contribution in [3.05, 3.63) is 60.0 Å². The van der Waals surface area contributed by atoms with Crippen LogP contribution in [-0.2, 0) is 13.1 Å². The third-order valence-corrected chi connectivity index (χ3v) is 4.30. The van der Waals surface area contributed by atoms with Gasteiger partial charge in [0.25, 0.3) is 0 Å². The van der Waals surface area contributed by atoms with Gasteiger partial charge in [-0.3, -0.25) is 4.57 Å². The first-order valence-electron chi connectivity index (χ1n) is 8.19. The second kappa shape index (κ2) is 6.06. The van der Waals surface area contributed by atoms with E-state index in [1.807, 2.05) is 59.0 Å². The van der Waals surface area contributed by atoms with Crippen LogP contribution in [0.1, 0.15) is 24.3 Å². The van der Waals surface area contributed by atoms with Gasteiger partial charge < -0.3 is 16.4 Å². The maximum absolute atomic E-state index is 6.48. The second-order valence-electron chi connectivity index (χ2n) is 5.84. The normalized spacial score (nSPS) is 16.6. The zero-order chi connectivity index (χ0) is 17.4. The van der Waals surface area contributed by atoms with Crippen LogP contribution in [0.3, 0.4) is 0 Å². The van der Waals surface area contributed by atoms with E-state index in [2.05, 4.69) is 10.1 Å². The fourth-order valence-corrected chi connectivity index (χ4v) is 3.04. The van der Waals surface area contributed by atoms with E-state index in [0.29, 0.717) is 36.5 Å². The van der Waals surface area contributed by atoms with Crippen LogP contribution in [0.2, 0.25) is 0 Å². The highest BCUT2D eigenvalue weighted by atomic mass is 15.4. The van der Waals surface area contributed by atoms with Crippen molar-refractivity contribution in [2.24, 2.45) is 16.5 Å². The van der Waals surface area contributed by atoms with E-state index in [1.165, 1.54) is 0 Å². The number of fused-ring (bicyclic) bond motifs is 1. The van der Waals surface area contributed by atoms with E-state index in [9.17, 15) is 0 Å². The van der Waals surface area contributed by atoms with E-state index in [-0.39, 0.29) is 0 Å². The van der Waals surface area contributed by atoms with Gasteiger partial charge >= 0.3 is 0 Å². The lowest BCUT2D eigenvalue weighted by Gasteiger charge is -2.32. The Bertz CT molecular complexity index is 894. The quantitative estimate of drug-likeness (QED) is 0.751. The molecule has 0 fully saturated rings. The van der Waals surface area contributed by atoms with Crippen molar-refractivity contribution in [1.29, 1.82) is 0 Å². The van der Waals surface area contributed by atoms with E-state index < -0.39 is 6.17 Å². The molecule has 4 rings (SSSR count). The smallest absolute Gasteiger partial charge is 0.232 e. The van der Waals surface area contributed by atoms with Crippen molar-refractivity contribution in [3.63, 3.8) is 0 Å². The van der Waals surface area contributed by atoms with Crippen LogP contribution in [0.4, 0.5) is 5.82 Å². The van der Waals surface area contributed by atoms with Gasteiger partial charge in [-0.05, 0) is 18.6 Å². The molecule has 1 aliphatic rings. The Morgan fingerprint density at radius 1 is 1.16 bits per heavy atom. The molecule has 128 valence electrons. The van der Waals surface area contributed by atoms with Gasteiger partial charge in [0.15, 0.2) is 11.8 Å². The number of aliphatic imine (C=N–C) groups is 1. The Balaban J connectivity index is 1.75. The van der Waals surface area contributed by atoms with E-state index in [0.717, 1.165) is 5.56 Å². The fraction of sp³-hybridized carbons (Fsp3) is 0.235. The minimum absolute atomic E-state index is 0.394. The molecule has 1 aliphatic heterocycles. The maximum atomic E-state index is 6.48. The highest BCUT2D eigenvalue weighted by Crippen LogP contribution is 2.33. The summed E-state index contributed by atoms with van der Waals surface area (Å²) in [4.78, 5) is 11.1. The molecule has 25 heavy (non-hydrogen) atoms. The van der Waals surface area contributed by atoms with Crippen LogP contribution in [-0.4, -0.2) is 30.2 Å². The van der Waals surface area contributed by atoms with Crippen LogP contribution in [0.15, 0.2) is 53.8 Å². The highest BCUT2D eigenvalue weighted by Gasteiger charge is 2.32. The van der Waals surface area contributed by atoms with Crippen LogP contribution in [0, 0.1) is 0 Å². The molecule has 0 amide bonds. The molecule has 1 unspecified atom stereocenters. The molecule has 0 radical (unpaired) electrons. The van der Waals surface area contributed by atoms with Gasteiger partial charge in [0, 0.05) is 25.5 Å². The Morgan fingerprint density at radius 3 is 2.64 bits per heavy atom. The molecular weight excluding hydrogens is 316 g/mol. The van der Waals surface area contributed by atoms with Crippen molar-refractivity contribution in [1.82, 2.24) is 24.2 Å². The summed E-state index contributed by atoms with van der Waals surface area (Å²) >= 11 is 0. The molecule has 0 saturated carbocycles. The highest BCUT2D eigenvalue weighted by molar-refractivity contribution is 5.83. The standard InChI is InChI=1S/C17H20N8/c1-2-23-15-13(21-17(23)25-10-6-9-20-25)14(18)24(16(19)22-15)11-12-7-4-3-5-8-12/h3-10,14H,2,11,18H2,1H3,(H2,19,22). The molecule has 3 heterocycles. The van der Waals surface area contributed by atoms with E-state index in [4.69, 9.17) is 16.5 Å². The Hall–Kier alpha value is -3.13. The van der Waals surface area contributed by atoms with Crippen molar-refractivity contribution >= 4 is 11.8 Å². The molecule has 2 aromatic heterocycles. The molecule has 0 aliphatic carbocycles. The first-order valence-corrected chi connectivity index (χ1v) is 8.19. The topological polar surface area (TPSA) is 103 Å². The van der Waals surface area contributed by atoms with Gasteiger partial charge in [0.05, 0.1) is 0 Å². The number of nitrogens with two attached hydrogens (primary N) is 2. The van der Waals surface area contributed by atoms with Gasteiger partial charge in [0.2, 0.25) is 5.95 Å². The Morgan fingerprint density at radius 2 is 1.96 bits per heavy atom. The summed E-state index contributed by atoms with van der Waals surface area (Å²) in [6, 6.07) is 11.9. The summed E-state index contributed by atoms with van der Waals surface area (Å²) in [6.07, 6.45) is 3.10. The summed E-state index contributed by atoms with van der Waals surface area (Å²) in [5, 5.41) is 4.27. The SMILES string of the molecule is CCn1c(-n2cccn2)nc2c1N=C(N)N(Cc1ccccc1)C2N. The van der Waals surface area contributed by atoms with Gasteiger partial charge in [-0.25, -0.2) is 9.67 Å². The van der Waals surface area contributed by atoms with Crippen LogP contribution in [0.5, 0.6) is 0 Å². The van der Waals surface area contributed by atoms with Crippen molar-refractivity contribution in [3.8, 4) is 5.95 Å². The molecule has 8 nitrogen and oxygen atoms in total. The molecule has 8 heteroatoms. The molecule has 3 aromatic rings. The number of hydrogen-bond donors (Lipinski definition) is 2. The number of rotatable bonds is 4. The minimum Gasteiger partial charge on any atom is -0.369 e. The van der Waals surface area contributed by atoms with Crippen LogP contribution < -0.4 is 11.5 Å². The largest absolute Gasteiger partial charge is 0.369 e. The van der Waals surface area contributed by atoms with Gasteiger partial charge in [-0.1, -0.05) is 30.3 Å². The Labute approximate surface area is 145 Å². The zero-order valence-corrected chi connectivity index (χ0v) is 13.9. The monoisotopic (exact) mass is 336 g/mol. The fourth-order valence-electron chi connectivity index (χ4n) is 3.04. The van der Waals surface area contributed by atoms with E-state index in [1.54, 1.807) is 10.9 Å². The molecule has 0 bridgehead atoms. The lowest BCUT2D eigenvalue weighted by atomic mass is 10.2. The molecular formula is C17H20N8. The third-order valence-electron chi connectivity index (χ3n) is 4.30. The predicted molar refractivity (Wildman–Crippen MR) is 95.2 cm³/mol. The summed E-state index contributed by atoms with van der Waals surface area (Å²) < 4.78 is 3.68. The number of benzene rings is 1. The number of aromatic nitrogens is 4. The van der Waals surface area contributed by atoms with Crippen LogP contribution in [0.25, 0.3) is 5.95 Å². The molecule has 0 spiro atoms. The molecule has 4 N–H and O–H groups in total. The van der Waals surface area contributed by atoms with E-state index >= 15 is 0 Å².